The van der Waals surface area contributed by atoms with Gasteiger partial charge in [-0.2, -0.15) is 9.36 Å². The van der Waals surface area contributed by atoms with Gasteiger partial charge in [0.25, 0.3) is 0 Å². The van der Waals surface area contributed by atoms with Gasteiger partial charge in [-0.3, -0.25) is 4.79 Å². The number of methoxy groups -OCH3 is 3. The van der Waals surface area contributed by atoms with Crippen molar-refractivity contribution in [2.45, 2.75) is 13.1 Å². The van der Waals surface area contributed by atoms with Crippen LogP contribution in [0.5, 0.6) is 17.2 Å². The molecule has 0 radical (unpaired) electrons. The lowest BCUT2D eigenvalue weighted by atomic mass is 10.1. The SMILES string of the molecule is COc1cc(CNC(=O)Cn2nnn(-c3cccs3)c2=O)cc(OC)c1OC. The fraction of sp³-hybridized carbons (Fsp3) is 0.294. The molecule has 0 aliphatic carbocycles. The number of hydrogen-bond acceptors (Lipinski definition) is 8. The van der Waals surface area contributed by atoms with Crippen molar-refractivity contribution in [2.75, 3.05) is 21.3 Å². The molecule has 2 heterocycles. The highest BCUT2D eigenvalue weighted by molar-refractivity contribution is 7.12. The number of hydrogen-bond donors (Lipinski definition) is 1. The van der Waals surface area contributed by atoms with E-state index >= 15 is 0 Å². The Labute approximate surface area is 164 Å². The number of amides is 1. The van der Waals surface area contributed by atoms with Gasteiger partial charge in [-0.25, -0.2) is 4.79 Å². The number of thiophene rings is 1. The summed E-state index contributed by atoms with van der Waals surface area (Å²) in [6.07, 6.45) is 0. The zero-order valence-electron chi connectivity index (χ0n) is 15.5. The zero-order chi connectivity index (χ0) is 20.1. The van der Waals surface area contributed by atoms with Gasteiger partial charge in [0.2, 0.25) is 11.7 Å². The first-order valence-electron chi connectivity index (χ1n) is 8.19. The van der Waals surface area contributed by atoms with Gasteiger partial charge >= 0.3 is 5.69 Å². The van der Waals surface area contributed by atoms with Crippen molar-refractivity contribution in [3.63, 3.8) is 0 Å². The third-order valence-corrected chi connectivity index (χ3v) is 4.71. The Morgan fingerprint density at radius 2 is 1.86 bits per heavy atom. The molecule has 0 saturated heterocycles. The number of aromatic nitrogens is 4. The maximum absolute atomic E-state index is 12.3. The molecule has 2 aromatic heterocycles. The Bertz CT molecular complexity index is 986. The van der Waals surface area contributed by atoms with Crippen LogP contribution in [0.25, 0.3) is 5.00 Å². The van der Waals surface area contributed by atoms with E-state index in [2.05, 4.69) is 15.7 Å². The minimum Gasteiger partial charge on any atom is -0.493 e. The highest BCUT2D eigenvalue weighted by Gasteiger charge is 2.15. The lowest BCUT2D eigenvalue weighted by Crippen LogP contribution is -2.33. The Balaban J connectivity index is 1.68. The van der Waals surface area contributed by atoms with Crippen LogP contribution in [0.2, 0.25) is 0 Å². The lowest BCUT2D eigenvalue weighted by molar-refractivity contribution is -0.122. The summed E-state index contributed by atoms with van der Waals surface area (Å²) >= 11 is 1.35. The number of carbonyl (C=O) groups excluding carboxylic acids is 1. The van der Waals surface area contributed by atoms with Gasteiger partial charge in [0, 0.05) is 6.54 Å². The second-order valence-corrected chi connectivity index (χ2v) is 6.52. The maximum Gasteiger partial charge on any atom is 0.369 e. The van der Waals surface area contributed by atoms with E-state index in [0.717, 1.165) is 14.9 Å². The Morgan fingerprint density at radius 1 is 1.14 bits per heavy atom. The van der Waals surface area contributed by atoms with E-state index in [9.17, 15) is 9.59 Å². The van der Waals surface area contributed by atoms with E-state index in [-0.39, 0.29) is 19.0 Å². The van der Waals surface area contributed by atoms with Gasteiger partial charge < -0.3 is 19.5 Å². The number of tetrazole rings is 1. The lowest BCUT2D eigenvalue weighted by Gasteiger charge is -2.14. The van der Waals surface area contributed by atoms with Crippen LogP contribution in [0.1, 0.15) is 5.56 Å². The van der Waals surface area contributed by atoms with Gasteiger partial charge in [-0.1, -0.05) is 0 Å². The minimum atomic E-state index is -0.481. The van der Waals surface area contributed by atoms with E-state index in [1.807, 2.05) is 5.38 Å². The molecule has 3 aromatic rings. The fourth-order valence-electron chi connectivity index (χ4n) is 2.53. The fourth-order valence-corrected chi connectivity index (χ4v) is 3.20. The summed E-state index contributed by atoms with van der Waals surface area (Å²) in [5.74, 6) is 1.06. The molecule has 148 valence electrons. The van der Waals surface area contributed by atoms with Gasteiger partial charge in [-0.05, 0) is 45.6 Å². The summed E-state index contributed by atoms with van der Waals surface area (Å²) in [5, 5.41) is 12.7. The third-order valence-electron chi connectivity index (χ3n) is 3.86. The second kappa shape index (κ2) is 8.57. The molecule has 11 heteroatoms. The molecule has 3 rings (SSSR count). The Hall–Kier alpha value is -3.34. The normalized spacial score (nSPS) is 10.5. The molecule has 0 unspecified atom stereocenters. The molecule has 1 aromatic carbocycles. The van der Waals surface area contributed by atoms with Crippen molar-refractivity contribution in [1.82, 2.24) is 25.1 Å². The molecule has 1 amide bonds. The summed E-state index contributed by atoms with van der Waals surface area (Å²) in [6.45, 7) is -0.0298. The predicted octanol–water partition coefficient (Wildman–Crippen LogP) is 0.833. The smallest absolute Gasteiger partial charge is 0.369 e. The van der Waals surface area contributed by atoms with Crippen LogP contribution in [0.15, 0.2) is 34.4 Å². The standard InChI is InChI=1S/C17H19N5O5S/c1-25-12-7-11(8-13(26-2)16(12)27-3)9-18-14(23)10-21-17(24)22(20-19-21)15-5-4-6-28-15/h4-8H,9-10H2,1-3H3,(H,18,23). The number of nitrogens with zero attached hydrogens (tertiary/aromatic N) is 4. The Kier molecular flexibility index (Phi) is 5.94. The average molecular weight is 405 g/mol. The van der Waals surface area contributed by atoms with Crippen LogP contribution in [-0.2, 0) is 17.9 Å². The number of carbonyl (C=O) groups is 1. The van der Waals surface area contributed by atoms with Crippen molar-refractivity contribution in [1.29, 1.82) is 0 Å². The highest BCUT2D eigenvalue weighted by atomic mass is 32.1. The minimum absolute atomic E-state index is 0.212. The quantitative estimate of drug-likeness (QED) is 0.591. The van der Waals surface area contributed by atoms with Crippen molar-refractivity contribution in [2.24, 2.45) is 0 Å². The van der Waals surface area contributed by atoms with E-state index in [1.54, 1.807) is 24.3 Å². The molecule has 1 N–H and O–H groups in total. The van der Waals surface area contributed by atoms with E-state index in [4.69, 9.17) is 14.2 Å². The third kappa shape index (κ3) is 3.98. The number of benzene rings is 1. The predicted molar refractivity (Wildman–Crippen MR) is 101 cm³/mol. The summed E-state index contributed by atoms with van der Waals surface area (Å²) in [7, 11) is 4.55. The zero-order valence-corrected chi connectivity index (χ0v) is 16.4. The van der Waals surface area contributed by atoms with E-state index in [1.165, 1.54) is 32.7 Å². The van der Waals surface area contributed by atoms with Crippen molar-refractivity contribution >= 4 is 17.2 Å². The molecule has 0 fully saturated rings. The molecule has 0 saturated carbocycles. The Morgan fingerprint density at radius 3 is 2.43 bits per heavy atom. The molecule has 0 bridgehead atoms. The molecule has 0 aliphatic rings. The van der Waals surface area contributed by atoms with Gasteiger partial charge in [-0.15, -0.1) is 11.3 Å². The van der Waals surface area contributed by atoms with Gasteiger partial charge in [0.05, 0.1) is 21.3 Å². The summed E-state index contributed by atoms with van der Waals surface area (Å²) in [5.41, 5.74) is 0.267. The largest absolute Gasteiger partial charge is 0.493 e. The van der Waals surface area contributed by atoms with Crippen LogP contribution in [0.3, 0.4) is 0 Å². The van der Waals surface area contributed by atoms with Crippen LogP contribution < -0.4 is 25.2 Å². The highest BCUT2D eigenvalue weighted by Crippen LogP contribution is 2.38. The van der Waals surface area contributed by atoms with Gasteiger partial charge in [0.1, 0.15) is 11.5 Å². The molecule has 0 aliphatic heterocycles. The van der Waals surface area contributed by atoms with Crippen LogP contribution in [-0.4, -0.2) is 47.0 Å². The summed E-state index contributed by atoms with van der Waals surface area (Å²) in [4.78, 5) is 24.5. The number of ether oxygens (including phenoxy) is 3. The topological polar surface area (TPSA) is 110 Å². The van der Waals surface area contributed by atoms with Crippen molar-refractivity contribution in [3.05, 3.63) is 45.7 Å². The summed E-state index contributed by atoms with van der Waals surface area (Å²) < 4.78 is 18.0. The average Bonchev–Trinajstić information content (AvgIpc) is 3.35. The van der Waals surface area contributed by atoms with Crippen LogP contribution in [0, 0.1) is 0 Å². The van der Waals surface area contributed by atoms with Crippen molar-refractivity contribution < 1.29 is 19.0 Å². The molecular weight excluding hydrogens is 386 g/mol. The van der Waals surface area contributed by atoms with E-state index < -0.39 is 5.69 Å². The van der Waals surface area contributed by atoms with E-state index in [0.29, 0.717) is 22.2 Å². The number of nitrogens with one attached hydrogen (secondary N) is 1. The molecule has 10 nitrogen and oxygen atoms in total. The molecule has 28 heavy (non-hydrogen) atoms. The second-order valence-electron chi connectivity index (χ2n) is 5.59. The summed E-state index contributed by atoms with van der Waals surface area (Å²) in [6, 6.07) is 7.02. The monoisotopic (exact) mass is 405 g/mol. The van der Waals surface area contributed by atoms with Crippen molar-refractivity contribution in [3.8, 4) is 22.2 Å². The first kappa shape index (κ1) is 19.4. The van der Waals surface area contributed by atoms with Crippen LogP contribution in [0.4, 0.5) is 0 Å². The van der Waals surface area contributed by atoms with Crippen LogP contribution >= 0.6 is 11.3 Å². The number of rotatable bonds is 8. The molecule has 0 spiro atoms. The molecule has 0 atom stereocenters. The van der Waals surface area contributed by atoms with Gasteiger partial charge in [0.15, 0.2) is 11.5 Å². The maximum atomic E-state index is 12.3. The molecular formula is C17H19N5O5S. The first-order valence-corrected chi connectivity index (χ1v) is 9.07. The first-order chi connectivity index (χ1) is 13.6.